The predicted octanol–water partition coefficient (Wildman–Crippen LogP) is 3.42. The van der Waals surface area contributed by atoms with Crippen LogP contribution in [0.15, 0.2) is 71.5 Å². The highest BCUT2D eigenvalue weighted by atomic mass is 16.2. The van der Waals surface area contributed by atoms with Gasteiger partial charge in [0.2, 0.25) is 5.91 Å². The van der Waals surface area contributed by atoms with E-state index in [4.69, 9.17) is 0 Å². The zero-order chi connectivity index (χ0) is 17.8. The SMILES string of the molecule is Cc1ccc(NC(=O)C(C)n2nc(-c3ccccc3)ccc2=O)cc1. The standard InChI is InChI=1S/C20H19N3O2/c1-14-8-10-17(11-9-14)21-20(25)15(2)23-19(24)13-12-18(22-23)16-6-4-3-5-7-16/h3-13,15H,1-2H3,(H,21,25). The van der Waals surface area contributed by atoms with E-state index in [-0.39, 0.29) is 11.5 Å². The third-order valence-electron chi connectivity index (χ3n) is 3.96. The molecule has 1 amide bonds. The third kappa shape index (κ3) is 3.83. The summed E-state index contributed by atoms with van der Waals surface area (Å²) >= 11 is 0. The van der Waals surface area contributed by atoms with Crippen molar-refractivity contribution in [1.29, 1.82) is 0 Å². The zero-order valence-electron chi connectivity index (χ0n) is 14.1. The van der Waals surface area contributed by atoms with Gasteiger partial charge in [-0.2, -0.15) is 5.10 Å². The minimum absolute atomic E-state index is 0.288. The van der Waals surface area contributed by atoms with Crippen molar-refractivity contribution in [3.8, 4) is 11.3 Å². The summed E-state index contributed by atoms with van der Waals surface area (Å²) in [6.07, 6.45) is 0. The van der Waals surface area contributed by atoms with Gasteiger partial charge in [-0.3, -0.25) is 9.59 Å². The number of carbonyl (C=O) groups excluding carboxylic acids is 1. The first-order valence-electron chi connectivity index (χ1n) is 8.07. The quantitative estimate of drug-likeness (QED) is 0.796. The molecule has 126 valence electrons. The molecule has 0 saturated heterocycles. The summed E-state index contributed by atoms with van der Waals surface area (Å²) in [6, 6.07) is 19.4. The van der Waals surface area contributed by atoms with Gasteiger partial charge in [0.25, 0.3) is 5.56 Å². The smallest absolute Gasteiger partial charge is 0.267 e. The van der Waals surface area contributed by atoms with Crippen LogP contribution in [0.5, 0.6) is 0 Å². The molecule has 5 heteroatoms. The molecule has 1 aromatic heterocycles. The molecule has 0 fully saturated rings. The van der Waals surface area contributed by atoms with Crippen LogP contribution in [0.2, 0.25) is 0 Å². The fraction of sp³-hybridized carbons (Fsp3) is 0.150. The number of amides is 1. The van der Waals surface area contributed by atoms with Crippen LogP contribution >= 0.6 is 0 Å². The Balaban J connectivity index is 1.86. The minimum atomic E-state index is -0.725. The molecular weight excluding hydrogens is 314 g/mol. The number of rotatable bonds is 4. The number of hydrogen-bond acceptors (Lipinski definition) is 3. The van der Waals surface area contributed by atoms with Gasteiger partial charge in [0, 0.05) is 17.3 Å². The van der Waals surface area contributed by atoms with Gasteiger partial charge in [-0.1, -0.05) is 48.0 Å². The molecule has 1 N–H and O–H groups in total. The molecule has 25 heavy (non-hydrogen) atoms. The average molecular weight is 333 g/mol. The van der Waals surface area contributed by atoms with Crippen LogP contribution < -0.4 is 10.9 Å². The van der Waals surface area contributed by atoms with Gasteiger partial charge in [-0.05, 0) is 32.0 Å². The maximum Gasteiger partial charge on any atom is 0.267 e. The molecule has 2 aromatic carbocycles. The summed E-state index contributed by atoms with van der Waals surface area (Å²) in [5.41, 5.74) is 3.03. The lowest BCUT2D eigenvalue weighted by Gasteiger charge is -2.15. The van der Waals surface area contributed by atoms with E-state index in [9.17, 15) is 9.59 Å². The van der Waals surface area contributed by atoms with Crippen LogP contribution in [-0.2, 0) is 4.79 Å². The largest absolute Gasteiger partial charge is 0.324 e. The lowest BCUT2D eigenvalue weighted by molar-refractivity contribution is -0.119. The molecule has 1 unspecified atom stereocenters. The van der Waals surface area contributed by atoms with Gasteiger partial charge < -0.3 is 5.32 Å². The summed E-state index contributed by atoms with van der Waals surface area (Å²) in [5, 5.41) is 7.18. The van der Waals surface area contributed by atoms with E-state index in [1.807, 2.05) is 61.5 Å². The molecule has 0 bridgehead atoms. The highest BCUT2D eigenvalue weighted by Crippen LogP contribution is 2.16. The zero-order valence-corrected chi connectivity index (χ0v) is 14.1. The number of aryl methyl sites for hydroxylation is 1. The van der Waals surface area contributed by atoms with Gasteiger partial charge in [-0.25, -0.2) is 4.68 Å². The van der Waals surface area contributed by atoms with Gasteiger partial charge in [0.05, 0.1) is 5.69 Å². The Labute approximate surface area is 145 Å². The number of anilines is 1. The van der Waals surface area contributed by atoms with E-state index in [1.165, 1.54) is 10.7 Å². The highest BCUT2D eigenvalue weighted by Gasteiger charge is 2.18. The number of benzene rings is 2. The highest BCUT2D eigenvalue weighted by molar-refractivity contribution is 5.93. The van der Waals surface area contributed by atoms with Crippen molar-refractivity contribution in [3.05, 3.63) is 82.6 Å². The molecule has 0 aliphatic rings. The molecule has 0 saturated carbocycles. The van der Waals surface area contributed by atoms with Gasteiger partial charge in [0.15, 0.2) is 0 Å². The molecular formula is C20H19N3O2. The molecule has 3 rings (SSSR count). The van der Waals surface area contributed by atoms with Crippen LogP contribution in [0.3, 0.4) is 0 Å². The van der Waals surface area contributed by atoms with Crippen molar-refractivity contribution >= 4 is 11.6 Å². The van der Waals surface area contributed by atoms with Crippen molar-refractivity contribution in [2.75, 3.05) is 5.32 Å². The van der Waals surface area contributed by atoms with Crippen LogP contribution in [0.1, 0.15) is 18.5 Å². The summed E-state index contributed by atoms with van der Waals surface area (Å²) in [7, 11) is 0. The van der Waals surface area contributed by atoms with Crippen LogP contribution in [-0.4, -0.2) is 15.7 Å². The lowest BCUT2D eigenvalue weighted by atomic mass is 10.1. The van der Waals surface area contributed by atoms with Crippen LogP contribution in [0.4, 0.5) is 5.69 Å². The lowest BCUT2D eigenvalue weighted by Crippen LogP contribution is -2.33. The Morgan fingerprint density at radius 3 is 2.36 bits per heavy atom. The maximum atomic E-state index is 12.5. The first-order chi connectivity index (χ1) is 12.0. The molecule has 3 aromatic rings. The van der Waals surface area contributed by atoms with E-state index < -0.39 is 6.04 Å². The maximum absolute atomic E-state index is 12.5. The Morgan fingerprint density at radius 1 is 1.00 bits per heavy atom. The summed E-state index contributed by atoms with van der Waals surface area (Å²) < 4.78 is 1.21. The summed E-state index contributed by atoms with van der Waals surface area (Å²) in [5.74, 6) is -0.288. The van der Waals surface area contributed by atoms with Crippen molar-refractivity contribution in [1.82, 2.24) is 9.78 Å². The number of nitrogens with zero attached hydrogens (tertiary/aromatic N) is 2. The first kappa shape index (κ1) is 16.6. The second-order valence-electron chi connectivity index (χ2n) is 5.90. The average Bonchev–Trinajstić information content (AvgIpc) is 2.64. The normalized spacial score (nSPS) is 11.8. The number of nitrogens with one attached hydrogen (secondary N) is 1. The monoisotopic (exact) mass is 333 g/mol. The Bertz CT molecular complexity index is 931. The van der Waals surface area contributed by atoms with Crippen molar-refractivity contribution < 1.29 is 4.79 Å². The molecule has 0 spiro atoms. The molecule has 0 aliphatic carbocycles. The Kier molecular flexibility index (Phi) is 4.75. The van der Waals surface area contributed by atoms with Crippen LogP contribution in [0, 0.1) is 6.92 Å². The second kappa shape index (κ2) is 7.13. The predicted molar refractivity (Wildman–Crippen MR) is 98.5 cm³/mol. The summed E-state index contributed by atoms with van der Waals surface area (Å²) in [4.78, 5) is 24.7. The first-order valence-corrected chi connectivity index (χ1v) is 8.07. The molecule has 5 nitrogen and oxygen atoms in total. The fourth-order valence-corrected chi connectivity index (χ4v) is 2.46. The third-order valence-corrected chi connectivity index (χ3v) is 3.96. The van der Waals surface area contributed by atoms with Gasteiger partial charge >= 0.3 is 0 Å². The summed E-state index contributed by atoms with van der Waals surface area (Å²) in [6.45, 7) is 3.64. The topological polar surface area (TPSA) is 64.0 Å². The van der Waals surface area contributed by atoms with Crippen molar-refractivity contribution in [2.45, 2.75) is 19.9 Å². The second-order valence-corrected chi connectivity index (χ2v) is 5.90. The van der Waals surface area contributed by atoms with Crippen molar-refractivity contribution in [3.63, 3.8) is 0 Å². The Morgan fingerprint density at radius 2 is 1.68 bits per heavy atom. The molecule has 1 heterocycles. The van der Waals surface area contributed by atoms with E-state index >= 15 is 0 Å². The number of hydrogen-bond donors (Lipinski definition) is 1. The minimum Gasteiger partial charge on any atom is -0.324 e. The molecule has 0 aliphatic heterocycles. The number of carbonyl (C=O) groups is 1. The molecule has 1 atom stereocenters. The van der Waals surface area contributed by atoms with E-state index in [0.717, 1.165) is 11.1 Å². The van der Waals surface area contributed by atoms with E-state index in [0.29, 0.717) is 11.4 Å². The Hall–Kier alpha value is -3.21. The fourth-order valence-electron chi connectivity index (χ4n) is 2.46. The van der Waals surface area contributed by atoms with E-state index in [2.05, 4.69) is 10.4 Å². The van der Waals surface area contributed by atoms with E-state index in [1.54, 1.807) is 13.0 Å². The molecule has 0 radical (unpaired) electrons. The van der Waals surface area contributed by atoms with Crippen molar-refractivity contribution in [2.24, 2.45) is 0 Å². The van der Waals surface area contributed by atoms with Gasteiger partial charge in [-0.15, -0.1) is 0 Å². The van der Waals surface area contributed by atoms with Gasteiger partial charge in [0.1, 0.15) is 6.04 Å². The number of aromatic nitrogens is 2. The van der Waals surface area contributed by atoms with Crippen LogP contribution in [0.25, 0.3) is 11.3 Å².